The quantitative estimate of drug-likeness (QED) is 0.300. The average molecular weight is 506 g/mol. The van der Waals surface area contributed by atoms with Crippen molar-refractivity contribution in [1.82, 2.24) is 14.8 Å². The monoisotopic (exact) mass is 505 g/mol. The van der Waals surface area contributed by atoms with Crippen molar-refractivity contribution in [3.05, 3.63) is 46.2 Å². The molecular formula is C22H24BrN3O2S2. The highest BCUT2D eigenvalue weighted by atomic mass is 79.9. The number of halogens is 1. The Bertz CT molecular complexity index is 1060. The lowest BCUT2D eigenvalue weighted by Gasteiger charge is -2.21. The van der Waals surface area contributed by atoms with Crippen LogP contribution in [0.1, 0.15) is 44.7 Å². The third-order valence-electron chi connectivity index (χ3n) is 5.15. The molecule has 0 saturated carbocycles. The number of thiophene rings is 1. The van der Waals surface area contributed by atoms with Gasteiger partial charge in [0.15, 0.2) is 5.16 Å². The van der Waals surface area contributed by atoms with Crippen LogP contribution < -0.4 is 0 Å². The number of thioether (sulfide) groups is 1. The van der Waals surface area contributed by atoms with Crippen molar-refractivity contribution in [3.8, 4) is 15.4 Å². The molecule has 8 heteroatoms. The lowest BCUT2D eigenvalue weighted by molar-refractivity contribution is -0.145. The molecule has 0 unspecified atom stereocenters. The number of nitrogens with zero attached hydrogens (tertiary/aromatic N) is 3. The predicted molar refractivity (Wildman–Crippen MR) is 126 cm³/mol. The minimum atomic E-state index is -0.764. The standard InChI is InChI=1S/C22H24BrN3O2S2/c1-4-28-19(27)22(2,3)30-21-25-24-20(23)26(21)18-16-13-9-8-12-15(16)17(29-18)14-10-6-5-7-11-14/h5-7,10-11H,4,8-9,12-13H2,1-3H3. The number of carbonyl (C=O) groups is 1. The maximum absolute atomic E-state index is 12.4. The summed E-state index contributed by atoms with van der Waals surface area (Å²) < 4.78 is 7.19. The summed E-state index contributed by atoms with van der Waals surface area (Å²) in [5.74, 6) is -0.251. The fraction of sp³-hybridized carbons (Fsp3) is 0.409. The average Bonchev–Trinajstić information content (AvgIpc) is 3.29. The Balaban J connectivity index is 1.80. The number of fused-ring (bicyclic) bond motifs is 1. The number of esters is 1. The van der Waals surface area contributed by atoms with Crippen molar-refractivity contribution < 1.29 is 9.53 Å². The molecule has 0 fully saturated rings. The summed E-state index contributed by atoms with van der Waals surface area (Å²) in [6.07, 6.45) is 4.53. The van der Waals surface area contributed by atoms with E-state index in [0.29, 0.717) is 16.5 Å². The molecule has 1 aliphatic rings. The van der Waals surface area contributed by atoms with Gasteiger partial charge in [-0.1, -0.05) is 42.1 Å². The summed E-state index contributed by atoms with van der Waals surface area (Å²) in [5, 5.41) is 10.5. The van der Waals surface area contributed by atoms with Gasteiger partial charge in [-0.2, -0.15) is 0 Å². The molecule has 0 spiro atoms. The predicted octanol–water partition coefficient (Wildman–Crippen LogP) is 6.07. The van der Waals surface area contributed by atoms with Crippen LogP contribution in [0.15, 0.2) is 40.2 Å². The third-order valence-corrected chi connectivity index (χ3v) is 8.09. The maximum Gasteiger partial charge on any atom is 0.322 e. The molecule has 0 N–H and O–H groups in total. The summed E-state index contributed by atoms with van der Waals surface area (Å²) in [6, 6.07) is 10.6. The molecule has 1 aliphatic carbocycles. The first-order valence-corrected chi connectivity index (χ1v) is 12.5. The van der Waals surface area contributed by atoms with Gasteiger partial charge in [-0.15, -0.1) is 21.5 Å². The Hall–Kier alpha value is -1.64. The highest BCUT2D eigenvalue weighted by Gasteiger charge is 2.34. The summed E-state index contributed by atoms with van der Waals surface area (Å²) in [6.45, 7) is 5.91. The van der Waals surface area contributed by atoms with Gasteiger partial charge in [-0.25, -0.2) is 0 Å². The molecule has 2 heterocycles. The number of hydrogen-bond donors (Lipinski definition) is 0. The number of ether oxygens (including phenoxy) is 1. The molecule has 0 radical (unpaired) electrons. The van der Waals surface area contributed by atoms with Crippen molar-refractivity contribution in [2.75, 3.05) is 6.61 Å². The van der Waals surface area contributed by atoms with Crippen LogP contribution in [0, 0.1) is 0 Å². The smallest absolute Gasteiger partial charge is 0.322 e. The highest BCUT2D eigenvalue weighted by Crippen LogP contribution is 2.45. The number of carbonyl (C=O) groups excluding carboxylic acids is 1. The van der Waals surface area contributed by atoms with Gasteiger partial charge in [-0.3, -0.25) is 9.36 Å². The first-order valence-electron chi connectivity index (χ1n) is 10.1. The Morgan fingerprint density at radius 1 is 1.20 bits per heavy atom. The molecule has 2 aromatic heterocycles. The minimum Gasteiger partial charge on any atom is -0.465 e. The Morgan fingerprint density at radius 2 is 1.90 bits per heavy atom. The second kappa shape index (κ2) is 8.85. The van der Waals surface area contributed by atoms with Crippen LogP contribution in [0.3, 0.4) is 0 Å². The van der Waals surface area contributed by atoms with Crippen LogP contribution >= 0.6 is 39.0 Å². The van der Waals surface area contributed by atoms with Gasteiger partial charge >= 0.3 is 5.97 Å². The summed E-state index contributed by atoms with van der Waals surface area (Å²) in [4.78, 5) is 13.8. The zero-order valence-corrected chi connectivity index (χ0v) is 20.5. The van der Waals surface area contributed by atoms with Crippen LogP contribution in [0.5, 0.6) is 0 Å². The van der Waals surface area contributed by atoms with Gasteiger partial charge in [0.1, 0.15) is 9.75 Å². The van der Waals surface area contributed by atoms with Crippen molar-refractivity contribution >= 4 is 45.0 Å². The van der Waals surface area contributed by atoms with E-state index in [2.05, 4.69) is 50.4 Å². The van der Waals surface area contributed by atoms with Gasteiger partial charge < -0.3 is 4.74 Å². The molecule has 0 saturated heterocycles. The van der Waals surface area contributed by atoms with E-state index in [4.69, 9.17) is 4.74 Å². The molecule has 0 bridgehead atoms. The molecule has 3 aromatic rings. The summed E-state index contributed by atoms with van der Waals surface area (Å²) in [7, 11) is 0. The second-order valence-electron chi connectivity index (χ2n) is 7.69. The number of aromatic nitrogens is 3. The van der Waals surface area contributed by atoms with E-state index >= 15 is 0 Å². The van der Waals surface area contributed by atoms with Crippen molar-refractivity contribution in [3.63, 3.8) is 0 Å². The Morgan fingerprint density at radius 3 is 2.60 bits per heavy atom. The lowest BCUT2D eigenvalue weighted by atomic mass is 9.91. The van der Waals surface area contributed by atoms with Crippen LogP contribution in [0.25, 0.3) is 15.4 Å². The number of benzene rings is 1. The van der Waals surface area contributed by atoms with Gasteiger partial charge in [0.2, 0.25) is 4.73 Å². The zero-order chi connectivity index (χ0) is 21.3. The van der Waals surface area contributed by atoms with Gasteiger partial charge in [-0.05, 0) is 79.1 Å². The molecule has 4 rings (SSSR count). The maximum atomic E-state index is 12.4. The van der Waals surface area contributed by atoms with Crippen LogP contribution in [-0.2, 0) is 22.4 Å². The zero-order valence-electron chi connectivity index (χ0n) is 17.3. The first kappa shape index (κ1) is 21.6. The van der Waals surface area contributed by atoms with E-state index in [9.17, 15) is 4.79 Å². The van der Waals surface area contributed by atoms with Gasteiger partial charge in [0, 0.05) is 4.88 Å². The van der Waals surface area contributed by atoms with Gasteiger partial charge in [0.25, 0.3) is 0 Å². The first-order chi connectivity index (χ1) is 14.4. The van der Waals surface area contributed by atoms with Crippen LogP contribution in [0.2, 0.25) is 0 Å². The normalized spacial score (nSPS) is 13.9. The largest absolute Gasteiger partial charge is 0.465 e. The molecule has 0 amide bonds. The van der Waals surface area contributed by atoms with Crippen molar-refractivity contribution in [2.24, 2.45) is 0 Å². The van der Waals surface area contributed by atoms with Crippen LogP contribution in [-0.4, -0.2) is 32.1 Å². The van der Waals surface area contributed by atoms with Gasteiger partial charge in [0.05, 0.1) is 6.61 Å². The minimum absolute atomic E-state index is 0.251. The van der Waals surface area contributed by atoms with E-state index in [-0.39, 0.29) is 5.97 Å². The summed E-state index contributed by atoms with van der Waals surface area (Å²) in [5.41, 5.74) is 4.06. The van der Waals surface area contributed by atoms with Crippen molar-refractivity contribution in [2.45, 2.75) is 56.4 Å². The van der Waals surface area contributed by atoms with E-state index in [1.54, 1.807) is 11.3 Å². The summed E-state index contributed by atoms with van der Waals surface area (Å²) >= 11 is 6.76. The molecule has 0 atom stereocenters. The van der Waals surface area contributed by atoms with Crippen molar-refractivity contribution in [1.29, 1.82) is 0 Å². The fourth-order valence-electron chi connectivity index (χ4n) is 3.68. The van der Waals surface area contributed by atoms with E-state index < -0.39 is 4.75 Å². The molecule has 30 heavy (non-hydrogen) atoms. The van der Waals surface area contributed by atoms with E-state index in [1.165, 1.54) is 46.2 Å². The molecule has 1 aromatic carbocycles. The number of rotatable bonds is 6. The molecule has 0 aliphatic heterocycles. The van der Waals surface area contributed by atoms with Crippen LogP contribution in [0.4, 0.5) is 0 Å². The SMILES string of the molecule is CCOC(=O)C(C)(C)Sc1nnc(Br)n1-c1sc(-c2ccccc2)c2c1CCCC2. The topological polar surface area (TPSA) is 57.0 Å². The molecule has 158 valence electrons. The highest BCUT2D eigenvalue weighted by molar-refractivity contribution is 9.10. The molecule has 5 nitrogen and oxygen atoms in total. The van der Waals surface area contributed by atoms with E-state index in [1.807, 2.05) is 31.4 Å². The second-order valence-corrected chi connectivity index (χ2v) is 11.0. The number of hydrogen-bond acceptors (Lipinski definition) is 6. The Kier molecular flexibility index (Phi) is 6.36. The lowest BCUT2D eigenvalue weighted by Crippen LogP contribution is -2.30. The molecular weight excluding hydrogens is 482 g/mol. The Labute approximate surface area is 193 Å². The van der Waals surface area contributed by atoms with E-state index in [0.717, 1.165) is 17.8 Å². The third kappa shape index (κ3) is 4.09. The fourth-order valence-corrected chi connectivity index (χ4v) is 6.75.